The van der Waals surface area contributed by atoms with Gasteiger partial charge >= 0.3 is 29.8 Å². The van der Waals surface area contributed by atoms with E-state index in [2.05, 4.69) is 12.1 Å². The van der Waals surface area contributed by atoms with E-state index in [9.17, 15) is 24.0 Å². The fraction of sp³-hybridized carbons (Fsp3) is 0.452. The molecule has 12 heteroatoms. The van der Waals surface area contributed by atoms with Gasteiger partial charge in [-0.05, 0) is 42.2 Å². The first kappa shape index (κ1) is 32.0. The second-order valence-corrected chi connectivity index (χ2v) is 11.7. The lowest BCUT2D eigenvalue weighted by molar-refractivity contribution is -0.254. The van der Waals surface area contributed by atoms with Crippen LogP contribution in [-0.4, -0.2) is 66.1 Å². The molecule has 0 bridgehead atoms. The standard InChI is InChI=1S/C31H34O11S/c1-16(32)37-15-26-29(39-18(3)34)31(41-20(5)36)30(40-19(4)35)28(42-26)24-13-21(10-11-25(24)38-17(2)33)12-23-14-22-8-6-7-9-27(22)43-23/h6-11,13,23,26,28-31H,12,14-15H2,1-5H3/t23?,26?,28?,29-,30+,31+/m1/s1. The van der Waals surface area contributed by atoms with E-state index in [0.29, 0.717) is 12.0 Å². The summed E-state index contributed by atoms with van der Waals surface area (Å²) in [5.74, 6) is -3.26. The summed E-state index contributed by atoms with van der Waals surface area (Å²) in [6.07, 6.45) is -4.74. The molecule has 0 saturated carbocycles. The summed E-state index contributed by atoms with van der Waals surface area (Å²) in [5, 5.41) is 0.250. The fourth-order valence-electron chi connectivity index (χ4n) is 5.30. The number of thioether (sulfide) groups is 1. The summed E-state index contributed by atoms with van der Waals surface area (Å²) in [6.45, 7) is 5.57. The zero-order chi connectivity index (χ0) is 31.3. The number of rotatable bonds is 9. The Morgan fingerprint density at radius 2 is 1.44 bits per heavy atom. The molecule has 2 aromatic carbocycles. The van der Waals surface area contributed by atoms with Crippen LogP contribution in [-0.2, 0) is 60.5 Å². The predicted octanol–water partition coefficient (Wildman–Crippen LogP) is 3.67. The normalized spacial score (nSPS) is 24.3. The second kappa shape index (κ2) is 14.0. The Morgan fingerprint density at radius 3 is 2.07 bits per heavy atom. The number of fused-ring (bicyclic) bond motifs is 1. The van der Waals surface area contributed by atoms with E-state index in [1.807, 2.05) is 18.2 Å². The number of benzene rings is 2. The number of carbonyl (C=O) groups excluding carboxylic acids is 5. The van der Waals surface area contributed by atoms with Gasteiger partial charge in [-0.1, -0.05) is 24.3 Å². The van der Waals surface area contributed by atoms with Crippen LogP contribution in [0.25, 0.3) is 0 Å². The van der Waals surface area contributed by atoms with Crippen molar-refractivity contribution in [3.63, 3.8) is 0 Å². The molecule has 2 heterocycles. The van der Waals surface area contributed by atoms with Gasteiger partial charge in [0, 0.05) is 50.3 Å². The Hall–Kier alpha value is -3.90. The van der Waals surface area contributed by atoms with Crippen LogP contribution in [0.4, 0.5) is 0 Å². The molecule has 11 nitrogen and oxygen atoms in total. The van der Waals surface area contributed by atoms with Crippen LogP contribution < -0.4 is 4.74 Å². The Bertz CT molecular complexity index is 1360. The molecule has 230 valence electrons. The lowest BCUT2D eigenvalue weighted by atomic mass is 9.89. The number of hydrogen-bond donors (Lipinski definition) is 0. The molecule has 6 atom stereocenters. The lowest BCUT2D eigenvalue weighted by Crippen LogP contribution is -2.59. The van der Waals surface area contributed by atoms with Crippen molar-refractivity contribution in [3.8, 4) is 5.75 Å². The SMILES string of the molecule is CC(=O)OCC1OC(c2cc(CC3Cc4ccccc4S3)ccc2OC(C)=O)[C@H](OC(C)=O)[C@@H](OC(C)=O)[C@@H]1OC(C)=O. The average Bonchev–Trinajstić information content (AvgIpc) is 3.32. The highest BCUT2D eigenvalue weighted by Gasteiger charge is 2.53. The third kappa shape index (κ3) is 8.35. The molecule has 3 unspecified atom stereocenters. The molecule has 0 spiro atoms. The van der Waals surface area contributed by atoms with Crippen LogP contribution in [0.1, 0.15) is 57.4 Å². The summed E-state index contributed by atoms with van der Waals surface area (Å²) in [7, 11) is 0. The molecule has 0 radical (unpaired) electrons. The third-order valence-corrected chi connectivity index (χ3v) is 8.12. The number of ether oxygens (including phenoxy) is 6. The fourth-order valence-corrected chi connectivity index (χ4v) is 6.66. The van der Waals surface area contributed by atoms with Crippen LogP contribution >= 0.6 is 11.8 Å². The van der Waals surface area contributed by atoms with Gasteiger partial charge in [-0.25, -0.2) is 0 Å². The largest absolute Gasteiger partial charge is 0.463 e. The molecule has 4 rings (SSSR count). The smallest absolute Gasteiger partial charge is 0.308 e. The maximum absolute atomic E-state index is 12.3. The molecule has 0 aliphatic carbocycles. The van der Waals surface area contributed by atoms with Crippen molar-refractivity contribution in [2.24, 2.45) is 0 Å². The summed E-state index contributed by atoms with van der Waals surface area (Å²) >= 11 is 1.78. The first-order valence-corrected chi connectivity index (χ1v) is 14.7. The van der Waals surface area contributed by atoms with Crippen LogP contribution in [0.3, 0.4) is 0 Å². The molecular formula is C31H34O11S. The van der Waals surface area contributed by atoms with Crippen molar-refractivity contribution in [1.29, 1.82) is 0 Å². The first-order chi connectivity index (χ1) is 20.4. The van der Waals surface area contributed by atoms with Crippen LogP contribution in [0, 0.1) is 0 Å². The van der Waals surface area contributed by atoms with E-state index < -0.39 is 60.4 Å². The molecule has 43 heavy (non-hydrogen) atoms. The van der Waals surface area contributed by atoms with E-state index in [-0.39, 0.29) is 17.6 Å². The minimum absolute atomic E-state index is 0.138. The first-order valence-electron chi connectivity index (χ1n) is 13.8. The molecule has 1 fully saturated rings. The van der Waals surface area contributed by atoms with Gasteiger partial charge in [0.1, 0.15) is 24.6 Å². The quantitative estimate of drug-likeness (QED) is 0.231. The topological polar surface area (TPSA) is 141 Å². The third-order valence-electron chi connectivity index (χ3n) is 6.80. The van der Waals surface area contributed by atoms with Crippen molar-refractivity contribution >= 4 is 41.6 Å². The van der Waals surface area contributed by atoms with E-state index in [1.54, 1.807) is 23.9 Å². The van der Waals surface area contributed by atoms with Crippen molar-refractivity contribution in [2.45, 2.75) is 88.1 Å². The van der Waals surface area contributed by atoms with Gasteiger partial charge in [0.25, 0.3) is 0 Å². The van der Waals surface area contributed by atoms with E-state index >= 15 is 0 Å². The van der Waals surface area contributed by atoms with Crippen LogP contribution in [0.2, 0.25) is 0 Å². The molecule has 0 amide bonds. The number of carbonyl (C=O) groups is 5. The van der Waals surface area contributed by atoms with Gasteiger partial charge in [-0.3, -0.25) is 24.0 Å². The van der Waals surface area contributed by atoms with Gasteiger partial charge < -0.3 is 28.4 Å². The van der Waals surface area contributed by atoms with Gasteiger partial charge in [0.2, 0.25) is 0 Å². The van der Waals surface area contributed by atoms with Crippen molar-refractivity contribution in [2.75, 3.05) is 6.61 Å². The Morgan fingerprint density at radius 1 is 0.791 bits per heavy atom. The minimum atomic E-state index is -1.35. The Balaban J connectivity index is 1.77. The van der Waals surface area contributed by atoms with E-state index in [1.165, 1.54) is 31.2 Å². The highest BCUT2D eigenvalue weighted by Crippen LogP contribution is 2.43. The van der Waals surface area contributed by atoms with Gasteiger partial charge in [0.05, 0.1) is 0 Å². The Kier molecular flexibility index (Phi) is 10.5. The zero-order valence-electron chi connectivity index (χ0n) is 24.5. The second-order valence-electron chi connectivity index (χ2n) is 10.3. The maximum Gasteiger partial charge on any atom is 0.308 e. The Labute approximate surface area is 253 Å². The highest BCUT2D eigenvalue weighted by atomic mass is 32.2. The van der Waals surface area contributed by atoms with Crippen molar-refractivity contribution in [1.82, 2.24) is 0 Å². The minimum Gasteiger partial charge on any atom is -0.463 e. The highest BCUT2D eigenvalue weighted by molar-refractivity contribution is 8.00. The molecule has 0 N–H and O–H groups in total. The molecule has 2 aromatic rings. The molecule has 2 aliphatic heterocycles. The summed E-state index contributed by atoms with van der Waals surface area (Å²) in [5.41, 5.74) is 2.50. The lowest BCUT2D eigenvalue weighted by Gasteiger charge is -2.44. The van der Waals surface area contributed by atoms with Crippen molar-refractivity contribution < 1.29 is 52.4 Å². The molecule has 1 saturated heterocycles. The zero-order valence-corrected chi connectivity index (χ0v) is 25.3. The molecule has 2 aliphatic rings. The average molecular weight is 615 g/mol. The van der Waals surface area contributed by atoms with Crippen LogP contribution in [0.15, 0.2) is 47.4 Å². The summed E-state index contributed by atoms with van der Waals surface area (Å²) in [6, 6.07) is 13.5. The predicted molar refractivity (Wildman–Crippen MR) is 152 cm³/mol. The van der Waals surface area contributed by atoms with Crippen LogP contribution in [0.5, 0.6) is 5.75 Å². The number of hydrogen-bond acceptors (Lipinski definition) is 12. The molecule has 0 aromatic heterocycles. The number of esters is 5. The van der Waals surface area contributed by atoms with E-state index in [0.717, 1.165) is 25.8 Å². The molecular weight excluding hydrogens is 580 g/mol. The van der Waals surface area contributed by atoms with Gasteiger partial charge in [0.15, 0.2) is 18.3 Å². The van der Waals surface area contributed by atoms with Gasteiger partial charge in [-0.15, -0.1) is 11.8 Å². The van der Waals surface area contributed by atoms with Gasteiger partial charge in [-0.2, -0.15) is 0 Å². The summed E-state index contributed by atoms with van der Waals surface area (Å²) in [4.78, 5) is 61.7. The summed E-state index contributed by atoms with van der Waals surface area (Å²) < 4.78 is 33.8. The monoisotopic (exact) mass is 614 g/mol. The maximum atomic E-state index is 12.3. The van der Waals surface area contributed by atoms with E-state index in [4.69, 9.17) is 28.4 Å². The van der Waals surface area contributed by atoms with Crippen molar-refractivity contribution in [3.05, 3.63) is 59.2 Å².